The van der Waals surface area contributed by atoms with E-state index >= 15 is 0 Å². The van der Waals surface area contributed by atoms with Crippen LogP contribution in [0, 0.1) is 22.7 Å². The van der Waals surface area contributed by atoms with Crippen LogP contribution < -0.4 is 10.6 Å². The number of carbonyl (C=O) groups excluding carboxylic acids is 1. The molecular formula is C12H12N4O. The zero-order valence-electron chi connectivity index (χ0n) is 9.45. The molecule has 0 saturated heterocycles. The summed E-state index contributed by atoms with van der Waals surface area (Å²) in [6.07, 6.45) is 0. The van der Waals surface area contributed by atoms with Gasteiger partial charge in [0.15, 0.2) is 0 Å². The smallest absolute Gasteiger partial charge is 0.216 e. The molecule has 0 aliphatic rings. The van der Waals surface area contributed by atoms with Crippen molar-refractivity contribution in [2.75, 3.05) is 18.4 Å². The molecule has 5 nitrogen and oxygen atoms in total. The van der Waals surface area contributed by atoms with Gasteiger partial charge in [0.25, 0.3) is 0 Å². The molecule has 0 spiro atoms. The molecule has 0 aliphatic heterocycles. The lowest BCUT2D eigenvalue weighted by Crippen LogP contribution is -2.26. The Morgan fingerprint density at radius 1 is 1.24 bits per heavy atom. The molecule has 1 rings (SSSR count). The van der Waals surface area contributed by atoms with Gasteiger partial charge >= 0.3 is 0 Å². The minimum Gasteiger partial charge on any atom is -0.383 e. The van der Waals surface area contributed by atoms with Gasteiger partial charge < -0.3 is 10.6 Å². The molecule has 0 fully saturated rings. The van der Waals surface area contributed by atoms with Gasteiger partial charge in [-0.15, -0.1) is 0 Å². The Bertz CT molecular complexity index is 496. The van der Waals surface area contributed by atoms with Gasteiger partial charge in [0.1, 0.15) is 12.1 Å². The molecule has 0 aromatic heterocycles. The van der Waals surface area contributed by atoms with Crippen molar-refractivity contribution < 1.29 is 4.79 Å². The van der Waals surface area contributed by atoms with E-state index in [0.29, 0.717) is 24.2 Å². The second kappa shape index (κ2) is 6.14. The van der Waals surface area contributed by atoms with E-state index < -0.39 is 0 Å². The molecule has 1 amide bonds. The van der Waals surface area contributed by atoms with Crippen LogP contribution in [-0.4, -0.2) is 19.0 Å². The molecule has 5 heteroatoms. The first-order valence-electron chi connectivity index (χ1n) is 5.10. The topological polar surface area (TPSA) is 88.7 Å². The number of nitrogens with zero attached hydrogens (tertiary/aromatic N) is 2. The average Bonchev–Trinajstić information content (AvgIpc) is 2.34. The second-order valence-corrected chi connectivity index (χ2v) is 3.39. The lowest BCUT2D eigenvalue weighted by atomic mass is 10.1. The number of hydrogen-bond donors (Lipinski definition) is 2. The van der Waals surface area contributed by atoms with Crippen molar-refractivity contribution in [3.05, 3.63) is 29.3 Å². The molecule has 2 N–H and O–H groups in total. The SMILES string of the molecule is CC(=O)NCCNc1ccc(C#N)c(C#N)c1. The van der Waals surface area contributed by atoms with Gasteiger partial charge in [0.2, 0.25) is 5.91 Å². The molecule has 0 aliphatic carbocycles. The van der Waals surface area contributed by atoms with E-state index in [0.717, 1.165) is 5.69 Å². The molecule has 0 unspecified atom stereocenters. The Morgan fingerprint density at radius 3 is 2.53 bits per heavy atom. The number of nitriles is 2. The average molecular weight is 228 g/mol. The van der Waals surface area contributed by atoms with Gasteiger partial charge in [-0.1, -0.05) is 0 Å². The van der Waals surface area contributed by atoms with Gasteiger partial charge in [-0.3, -0.25) is 4.79 Å². The van der Waals surface area contributed by atoms with Crippen LogP contribution in [0.1, 0.15) is 18.1 Å². The number of hydrogen-bond acceptors (Lipinski definition) is 4. The minimum atomic E-state index is -0.0793. The van der Waals surface area contributed by atoms with Crippen LogP contribution in [0.15, 0.2) is 18.2 Å². The summed E-state index contributed by atoms with van der Waals surface area (Å²) in [5.41, 5.74) is 1.46. The van der Waals surface area contributed by atoms with Gasteiger partial charge in [-0.2, -0.15) is 10.5 Å². The van der Waals surface area contributed by atoms with Crippen molar-refractivity contribution in [3.8, 4) is 12.1 Å². The third-order valence-corrected chi connectivity index (χ3v) is 2.09. The highest BCUT2D eigenvalue weighted by molar-refractivity contribution is 5.72. The van der Waals surface area contributed by atoms with Crippen LogP contribution in [0.3, 0.4) is 0 Å². The first-order chi connectivity index (χ1) is 8.17. The van der Waals surface area contributed by atoms with Crippen LogP contribution >= 0.6 is 0 Å². The molecule has 0 heterocycles. The van der Waals surface area contributed by atoms with Crippen molar-refractivity contribution in [1.29, 1.82) is 10.5 Å². The van der Waals surface area contributed by atoms with E-state index in [4.69, 9.17) is 10.5 Å². The first kappa shape index (κ1) is 12.5. The molecule has 0 saturated carbocycles. The molecule has 1 aromatic carbocycles. The highest BCUT2D eigenvalue weighted by Crippen LogP contribution is 2.14. The van der Waals surface area contributed by atoms with Gasteiger partial charge in [-0.25, -0.2) is 0 Å². The van der Waals surface area contributed by atoms with Crippen LogP contribution in [0.5, 0.6) is 0 Å². The second-order valence-electron chi connectivity index (χ2n) is 3.39. The van der Waals surface area contributed by atoms with E-state index in [9.17, 15) is 4.79 Å². The third-order valence-electron chi connectivity index (χ3n) is 2.09. The van der Waals surface area contributed by atoms with E-state index in [-0.39, 0.29) is 5.91 Å². The number of benzene rings is 1. The van der Waals surface area contributed by atoms with Crippen LogP contribution in [0.2, 0.25) is 0 Å². The Hall–Kier alpha value is -2.53. The van der Waals surface area contributed by atoms with Crippen molar-refractivity contribution in [2.45, 2.75) is 6.92 Å². The van der Waals surface area contributed by atoms with Gasteiger partial charge in [-0.05, 0) is 18.2 Å². The maximum absolute atomic E-state index is 10.6. The van der Waals surface area contributed by atoms with Gasteiger partial charge in [0.05, 0.1) is 11.1 Å². The molecule has 1 aromatic rings. The summed E-state index contributed by atoms with van der Waals surface area (Å²) in [5.74, 6) is -0.0793. The Morgan fingerprint density at radius 2 is 1.94 bits per heavy atom. The number of carbonyl (C=O) groups is 1. The van der Waals surface area contributed by atoms with Crippen LogP contribution in [-0.2, 0) is 4.79 Å². The molecule has 86 valence electrons. The summed E-state index contributed by atoms with van der Waals surface area (Å²) in [6, 6.07) is 8.86. The first-order valence-corrected chi connectivity index (χ1v) is 5.10. The van der Waals surface area contributed by atoms with E-state index in [1.807, 2.05) is 12.1 Å². The van der Waals surface area contributed by atoms with Crippen molar-refractivity contribution in [2.24, 2.45) is 0 Å². The number of nitrogens with one attached hydrogen (secondary N) is 2. The third kappa shape index (κ3) is 3.84. The largest absolute Gasteiger partial charge is 0.383 e. The Kier molecular flexibility index (Phi) is 4.53. The van der Waals surface area contributed by atoms with Gasteiger partial charge in [0, 0.05) is 25.7 Å². The summed E-state index contributed by atoms with van der Waals surface area (Å²) in [6.45, 7) is 2.53. The normalized spacial score (nSPS) is 8.88. The predicted octanol–water partition coefficient (Wildman–Crippen LogP) is 0.978. The molecular weight excluding hydrogens is 216 g/mol. The lowest BCUT2D eigenvalue weighted by Gasteiger charge is -2.07. The highest BCUT2D eigenvalue weighted by atomic mass is 16.1. The lowest BCUT2D eigenvalue weighted by molar-refractivity contribution is -0.118. The summed E-state index contributed by atoms with van der Waals surface area (Å²) >= 11 is 0. The zero-order chi connectivity index (χ0) is 12.7. The maximum Gasteiger partial charge on any atom is 0.216 e. The summed E-state index contributed by atoms with van der Waals surface area (Å²) in [5, 5.41) is 23.3. The zero-order valence-corrected chi connectivity index (χ0v) is 9.45. The number of rotatable bonds is 4. The van der Waals surface area contributed by atoms with Crippen molar-refractivity contribution >= 4 is 11.6 Å². The standard InChI is InChI=1S/C12H12N4O/c1-9(17)15-4-5-16-12-3-2-10(7-13)11(6-12)8-14/h2-3,6,16H,4-5H2,1H3,(H,15,17). The number of amides is 1. The predicted molar refractivity (Wildman–Crippen MR) is 63.0 cm³/mol. The van der Waals surface area contributed by atoms with E-state index in [2.05, 4.69) is 10.6 Å². The molecule has 17 heavy (non-hydrogen) atoms. The quantitative estimate of drug-likeness (QED) is 0.752. The monoisotopic (exact) mass is 228 g/mol. The Labute approximate surface area is 99.7 Å². The molecule has 0 radical (unpaired) electrons. The van der Waals surface area contributed by atoms with Crippen LogP contribution in [0.25, 0.3) is 0 Å². The fourth-order valence-electron chi connectivity index (χ4n) is 1.29. The maximum atomic E-state index is 10.6. The fraction of sp³-hybridized carbons (Fsp3) is 0.250. The summed E-state index contributed by atoms with van der Waals surface area (Å²) in [7, 11) is 0. The minimum absolute atomic E-state index is 0.0793. The molecule has 0 bridgehead atoms. The highest BCUT2D eigenvalue weighted by Gasteiger charge is 2.02. The van der Waals surface area contributed by atoms with E-state index in [1.54, 1.807) is 18.2 Å². The fourth-order valence-corrected chi connectivity index (χ4v) is 1.29. The van der Waals surface area contributed by atoms with Crippen LogP contribution in [0.4, 0.5) is 5.69 Å². The molecule has 0 atom stereocenters. The Balaban J connectivity index is 2.59. The number of anilines is 1. The van der Waals surface area contributed by atoms with E-state index in [1.165, 1.54) is 6.92 Å². The summed E-state index contributed by atoms with van der Waals surface area (Å²) < 4.78 is 0. The van der Waals surface area contributed by atoms with Crippen molar-refractivity contribution in [1.82, 2.24) is 5.32 Å². The van der Waals surface area contributed by atoms with Crippen molar-refractivity contribution in [3.63, 3.8) is 0 Å². The summed E-state index contributed by atoms with van der Waals surface area (Å²) in [4.78, 5) is 10.6.